The first kappa shape index (κ1) is 98.1. The number of aliphatic hydroxyl groups excluding tert-OH is 1. The Balaban J connectivity index is 5.23. The molecule has 100 heavy (non-hydrogen) atoms. The summed E-state index contributed by atoms with van der Waals surface area (Å²) in [7, 11) is -9.92. The molecule has 0 aromatic rings. The number of aliphatic hydroxyl groups is 1. The van der Waals surface area contributed by atoms with Crippen LogP contribution in [-0.4, -0.2) is 96.7 Å². The quantitative estimate of drug-likeness (QED) is 0.0222. The Bertz CT molecular complexity index is 1940. The molecule has 0 saturated heterocycles. The molecule has 3 unspecified atom stereocenters. The second-order valence-electron chi connectivity index (χ2n) is 30.4. The van der Waals surface area contributed by atoms with Gasteiger partial charge in [-0.05, 0) is 43.4 Å². The van der Waals surface area contributed by atoms with Gasteiger partial charge >= 0.3 is 39.5 Å². The van der Waals surface area contributed by atoms with E-state index in [1.165, 1.54) is 225 Å². The van der Waals surface area contributed by atoms with Crippen molar-refractivity contribution in [2.75, 3.05) is 39.6 Å². The van der Waals surface area contributed by atoms with Gasteiger partial charge in [-0.25, -0.2) is 9.13 Å². The normalized spacial score (nSPS) is 14.2. The summed E-state index contributed by atoms with van der Waals surface area (Å²) >= 11 is 0. The van der Waals surface area contributed by atoms with E-state index in [9.17, 15) is 43.2 Å². The van der Waals surface area contributed by atoms with E-state index in [-0.39, 0.29) is 25.7 Å². The van der Waals surface area contributed by atoms with Crippen LogP contribution in [0.25, 0.3) is 0 Å². The van der Waals surface area contributed by atoms with Crippen LogP contribution in [-0.2, 0) is 65.4 Å². The Hall–Kier alpha value is -1.94. The summed E-state index contributed by atoms with van der Waals surface area (Å²) in [5.41, 5.74) is 0. The molecule has 0 amide bonds. The van der Waals surface area contributed by atoms with Crippen LogP contribution >= 0.6 is 15.6 Å². The molecule has 0 fully saturated rings. The summed E-state index contributed by atoms with van der Waals surface area (Å²) in [5, 5.41) is 10.6. The van der Waals surface area contributed by atoms with E-state index in [0.717, 1.165) is 108 Å². The number of rotatable bonds is 79. The Morgan fingerprint density at radius 1 is 0.290 bits per heavy atom. The van der Waals surface area contributed by atoms with Gasteiger partial charge in [-0.3, -0.25) is 37.3 Å². The van der Waals surface area contributed by atoms with E-state index < -0.39 is 97.5 Å². The third kappa shape index (κ3) is 73.0. The number of hydrogen-bond acceptors (Lipinski definition) is 15. The highest BCUT2D eigenvalue weighted by Crippen LogP contribution is 2.45. The predicted molar refractivity (Wildman–Crippen MR) is 409 cm³/mol. The second-order valence-corrected chi connectivity index (χ2v) is 33.3. The SMILES string of the molecule is CCCCCCCCCCCCCCCCCCC(=O)O[C@H](COC(=O)CCCCCCCCC(C)C)COP(=O)(O)OC[C@H](O)COP(=O)(O)OC[C@@H](COC(=O)CCCCCCCCCCCCCCCCC(C)C)OC(=O)CCCCCCCCCCCCCCCCC(C)CC. The number of ether oxygens (including phenoxy) is 4. The maximum atomic E-state index is 13.1. The van der Waals surface area contributed by atoms with Crippen LogP contribution < -0.4 is 0 Å². The topological polar surface area (TPSA) is 237 Å². The predicted octanol–water partition coefficient (Wildman–Crippen LogP) is 24.1. The fourth-order valence-corrected chi connectivity index (χ4v) is 14.0. The number of unbranched alkanes of at least 4 members (excludes halogenated alkanes) is 46. The monoisotopic (exact) mass is 1470 g/mol. The zero-order valence-corrected chi connectivity index (χ0v) is 67.5. The number of esters is 4. The maximum Gasteiger partial charge on any atom is 0.472 e. The van der Waals surface area contributed by atoms with Gasteiger partial charge in [0, 0.05) is 25.7 Å². The molecular formula is C81H158O17P2. The third-order valence-corrected chi connectivity index (χ3v) is 21.1. The molecule has 0 aromatic carbocycles. The second kappa shape index (κ2) is 71.3. The molecule has 0 aliphatic carbocycles. The van der Waals surface area contributed by atoms with E-state index in [1.807, 2.05) is 0 Å². The zero-order valence-electron chi connectivity index (χ0n) is 65.7. The molecule has 0 aliphatic rings. The molecule has 0 aromatic heterocycles. The van der Waals surface area contributed by atoms with Crippen molar-refractivity contribution >= 4 is 39.5 Å². The average molecular weight is 1470 g/mol. The highest BCUT2D eigenvalue weighted by Gasteiger charge is 2.30. The van der Waals surface area contributed by atoms with Crippen molar-refractivity contribution in [3.63, 3.8) is 0 Å². The molecule has 6 atom stereocenters. The number of phosphoric ester groups is 2. The van der Waals surface area contributed by atoms with Gasteiger partial charge < -0.3 is 33.8 Å². The van der Waals surface area contributed by atoms with Crippen LogP contribution in [0.1, 0.15) is 421 Å². The van der Waals surface area contributed by atoms with E-state index in [0.29, 0.717) is 31.6 Å². The minimum atomic E-state index is -4.96. The Morgan fingerprint density at radius 3 is 0.760 bits per heavy atom. The van der Waals surface area contributed by atoms with Crippen LogP contribution in [0.15, 0.2) is 0 Å². The minimum absolute atomic E-state index is 0.107. The van der Waals surface area contributed by atoms with Gasteiger partial charge in [0.2, 0.25) is 0 Å². The van der Waals surface area contributed by atoms with Crippen molar-refractivity contribution in [3.8, 4) is 0 Å². The highest BCUT2D eigenvalue weighted by atomic mass is 31.2. The van der Waals surface area contributed by atoms with E-state index in [1.54, 1.807) is 0 Å². The Labute approximate surface area is 613 Å². The Morgan fingerprint density at radius 2 is 0.510 bits per heavy atom. The summed E-state index contributed by atoms with van der Waals surface area (Å²) in [4.78, 5) is 73.0. The Kier molecular flexibility index (Phi) is 69.9. The first-order valence-corrected chi connectivity index (χ1v) is 44.9. The fraction of sp³-hybridized carbons (Fsp3) is 0.951. The molecule has 0 radical (unpaired) electrons. The summed E-state index contributed by atoms with van der Waals surface area (Å²) in [6.07, 6.45) is 59.7. The first-order chi connectivity index (χ1) is 48.3. The molecule has 17 nitrogen and oxygen atoms in total. The highest BCUT2D eigenvalue weighted by molar-refractivity contribution is 7.47. The maximum absolute atomic E-state index is 13.1. The first-order valence-electron chi connectivity index (χ1n) is 41.9. The molecule has 0 saturated carbocycles. The van der Waals surface area contributed by atoms with Crippen LogP contribution in [0.2, 0.25) is 0 Å². The number of hydrogen-bond donors (Lipinski definition) is 3. The molecule has 594 valence electrons. The van der Waals surface area contributed by atoms with Crippen molar-refractivity contribution < 1.29 is 80.2 Å². The zero-order chi connectivity index (χ0) is 73.7. The van der Waals surface area contributed by atoms with Gasteiger partial charge in [0.15, 0.2) is 12.2 Å². The van der Waals surface area contributed by atoms with E-state index in [2.05, 4.69) is 48.5 Å². The van der Waals surface area contributed by atoms with Crippen LogP contribution in [0.3, 0.4) is 0 Å². The van der Waals surface area contributed by atoms with Gasteiger partial charge in [0.05, 0.1) is 26.4 Å². The number of phosphoric acid groups is 2. The number of carbonyl (C=O) groups is 4. The summed E-state index contributed by atoms with van der Waals surface area (Å²) in [6.45, 7) is 11.9. The third-order valence-electron chi connectivity index (χ3n) is 19.2. The van der Waals surface area contributed by atoms with Crippen molar-refractivity contribution in [1.29, 1.82) is 0 Å². The molecule has 19 heteroatoms. The molecule has 3 N–H and O–H groups in total. The van der Waals surface area contributed by atoms with Gasteiger partial charge in [-0.15, -0.1) is 0 Å². The minimum Gasteiger partial charge on any atom is -0.462 e. The number of carbonyl (C=O) groups excluding carboxylic acids is 4. The van der Waals surface area contributed by atoms with Crippen molar-refractivity contribution in [3.05, 3.63) is 0 Å². The van der Waals surface area contributed by atoms with E-state index >= 15 is 0 Å². The molecule has 0 aliphatic heterocycles. The molecule has 0 heterocycles. The van der Waals surface area contributed by atoms with Crippen LogP contribution in [0, 0.1) is 17.8 Å². The largest absolute Gasteiger partial charge is 0.472 e. The fourth-order valence-electron chi connectivity index (χ4n) is 12.5. The van der Waals surface area contributed by atoms with Crippen molar-refractivity contribution in [2.24, 2.45) is 17.8 Å². The molecular weight excluding hydrogens is 1310 g/mol. The lowest BCUT2D eigenvalue weighted by Gasteiger charge is -2.21. The lowest BCUT2D eigenvalue weighted by Crippen LogP contribution is -2.30. The summed E-state index contributed by atoms with van der Waals surface area (Å²) in [5.74, 6) is 0.213. The van der Waals surface area contributed by atoms with Gasteiger partial charge in [-0.1, -0.05) is 370 Å². The average Bonchev–Trinajstić information content (AvgIpc) is 0.912. The van der Waals surface area contributed by atoms with Gasteiger partial charge in [-0.2, -0.15) is 0 Å². The summed E-state index contributed by atoms with van der Waals surface area (Å²) < 4.78 is 68.7. The lowest BCUT2D eigenvalue weighted by molar-refractivity contribution is -0.161. The van der Waals surface area contributed by atoms with Crippen LogP contribution in [0.5, 0.6) is 0 Å². The van der Waals surface area contributed by atoms with Crippen molar-refractivity contribution in [1.82, 2.24) is 0 Å². The summed E-state index contributed by atoms with van der Waals surface area (Å²) in [6, 6.07) is 0. The van der Waals surface area contributed by atoms with Crippen molar-refractivity contribution in [2.45, 2.75) is 439 Å². The lowest BCUT2D eigenvalue weighted by atomic mass is 9.99. The van der Waals surface area contributed by atoms with Gasteiger partial charge in [0.1, 0.15) is 19.3 Å². The van der Waals surface area contributed by atoms with E-state index in [4.69, 9.17) is 37.0 Å². The smallest absolute Gasteiger partial charge is 0.462 e. The van der Waals surface area contributed by atoms with Crippen LogP contribution in [0.4, 0.5) is 0 Å². The van der Waals surface area contributed by atoms with Gasteiger partial charge in [0.25, 0.3) is 0 Å². The molecule has 0 spiro atoms. The molecule has 0 rings (SSSR count). The molecule has 0 bridgehead atoms. The standard InChI is InChI=1S/C81H158O17P2/c1-8-10-11-12-13-14-15-16-17-18-26-31-36-41-50-57-65-81(86)98-77(69-92-79(84)63-56-49-44-43-46-53-60-73(5)6)71-96-100(89,90)94-67-75(82)66-93-99(87,88)95-70-76(68-91-78(83)62-55-48-40-35-30-25-21-19-23-28-33-38-45-52-59-72(3)4)97-80(85)64-58-51-42-37-32-27-22-20-24-29-34-39-47-54-61-74(7)9-2/h72-77,82H,8-71H2,1-7H3,(H,87,88)(H,89,90)/t74?,75-,76-,77-/m1/s1.